The van der Waals surface area contributed by atoms with Crippen LogP contribution < -0.4 is 10.5 Å². The van der Waals surface area contributed by atoms with E-state index in [1.54, 1.807) is 42.6 Å². The van der Waals surface area contributed by atoms with Crippen LogP contribution in [0.25, 0.3) is 0 Å². The monoisotopic (exact) mass is 297 g/mol. The fourth-order valence-corrected chi connectivity index (χ4v) is 2.37. The molecule has 112 valence electrons. The Hall–Kier alpha value is -2.89. The zero-order valence-corrected chi connectivity index (χ0v) is 11.9. The summed E-state index contributed by atoms with van der Waals surface area (Å²) >= 11 is 0. The van der Waals surface area contributed by atoms with Gasteiger partial charge in [0.2, 0.25) is 0 Å². The van der Waals surface area contributed by atoms with Crippen molar-refractivity contribution < 1.29 is 14.3 Å². The molecule has 0 unspecified atom stereocenters. The van der Waals surface area contributed by atoms with Gasteiger partial charge in [0.25, 0.3) is 11.8 Å². The van der Waals surface area contributed by atoms with Crippen molar-refractivity contribution in [2.24, 2.45) is 0 Å². The second kappa shape index (κ2) is 5.85. The lowest BCUT2D eigenvalue weighted by molar-refractivity contribution is 0.0647. The molecule has 2 aromatic rings. The number of fused-ring (bicyclic) bond motifs is 1. The van der Waals surface area contributed by atoms with Crippen LogP contribution in [0.15, 0.2) is 42.6 Å². The van der Waals surface area contributed by atoms with Crippen molar-refractivity contribution in [2.75, 3.05) is 18.9 Å². The Balaban J connectivity index is 1.56. The van der Waals surface area contributed by atoms with Crippen molar-refractivity contribution in [3.05, 3.63) is 53.7 Å². The molecule has 0 atom stereocenters. The summed E-state index contributed by atoms with van der Waals surface area (Å²) in [5, 5.41) is 0. The van der Waals surface area contributed by atoms with E-state index in [0.29, 0.717) is 42.3 Å². The number of carbonyl (C=O) groups is 2. The topological polar surface area (TPSA) is 85.5 Å². The van der Waals surface area contributed by atoms with Crippen LogP contribution in [0, 0.1) is 0 Å². The van der Waals surface area contributed by atoms with Gasteiger partial charge in [0.1, 0.15) is 0 Å². The van der Waals surface area contributed by atoms with Crippen molar-refractivity contribution in [3.8, 4) is 5.75 Å². The van der Waals surface area contributed by atoms with Crippen LogP contribution in [-0.4, -0.2) is 34.8 Å². The highest BCUT2D eigenvalue weighted by atomic mass is 16.5. The number of aromatic nitrogens is 1. The molecule has 0 aliphatic carbocycles. The standard InChI is InChI=1S/C16H15N3O3/c17-14-13(7-3-8-18-14)22-10-4-9-19-15(20)11-5-1-2-6-12(11)16(19)21/h1-3,5-8H,4,9-10H2,(H2,17,18). The first kappa shape index (κ1) is 14.1. The van der Waals surface area contributed by atoms with E-state index >= 15 is 0 Å². The third-order valence-electron chi connectivity index (χ3n) is 3.46. The number of imide groups is 1. The molecular weight excluding hydrogens is 282 g/mol. The summed E-state index contributed by atoms with van der Waals surface area (Å²) in [6.45, 7) is 0.663. The Bertz CT molecular complexity index is 695. The van der Waals surface area contributed by atoms with E-state index in [-0.39, 0.29) is 11.8 Å². The molecule has 1 aliphatic heterocycles. The number of amides is 2. The number of nitrogens with zero attached hydrogens (tertiary/aromatic N) is 2. The van der Waals surface area contributed by atoms with Crippen molar-refractivity contribution in [2.45, 2.75) is 6.42 Å². The maximum Gasteiger partial charge on any atom is 0.261 e. The summed E-state index contributed by atoms with van der Waals surface area (Å²) in [6, 6.07) is 10.3. The Kier molecular flexibility index (Phi) is 3.74. The summed E-state index contributed by atoms with van der Waals surface area (Å²) in [6.07, 6.45) is 2.11. The number of nitrogen functional groups attached to an aromatic ring is 1. The van der Waals surface area contributed by atoms with Crippen LogP contribution in [0.2, 0.25) is 0 Å². The maximum absolute atomic E-state index is 12.2. The van der Waals surface area contributed by atoms with Gasteiger partial charge in [-0.25, -0.2) is 4.98 Å². The number of hydrogen-bond donors (Lipinski definition) is 1. The molecule has 1 aromatic heterocycles. The fourth-order valence-electron chi connectivity index (χ4n) is 2.37. The number of rotatable bonds is 5. The number of anilines is 1. The molecule has 22 heavy (non-hydrogen) atoms. The maximum atomic E-state index is 12.2. The average molecular weight is 297 g/mol. The number of hydrogen-bond acceptors (Lipinski definition) is 5. The van der Waals surface area contributed by atoms with Crippen LogP contribution in [0.4, 0.5) is 5.82 Å². The molecule has 2 amide bonds. The molecule has 6 heteroatoms. The van der Waals surface area contributed by atoms with Gasteiger partial charge < -0.3 is 10.5 Å². The van der Waals surface area contributed by atoms with Crippen molar-refractivity contribution >= 4 is 17.6 Å². The van der Waals surface area contributed by atoms with E-state index in [0.717, 1.165) is 0 Å². The molecule has 1 aliphatic rings. The van der Waals surface area contributed by atoms with E-state index in [1.165, 1.54) is 4.90 Å². The molecule has 6 nitrogen and oxygen atoms in total. The molecule has 0 saturated heterocycles. The molecule has 2 heterocycles. The predicted molar refractivity (Wildman–Crippen MR) is 80.6 cm³/mol. The minimum Gasteiger partial charge on any atom is -0.490 e. The zero-order valence-electron chi connectivity index (χ0n) is 11.9. The lowest BCUT2D eigenvalue weighted by Crippen LogP contribution is -2.31. The molecule has 2 N–H and O–H groups in total. The third kappa shape index (κ3) is 2.50. The zero-order chi connectivity index (χ0) is 15.5. The highest BCUT2D eigenvalue weighted by Gasteiger charge is 2.34. The van der Waals surface area contributed by atoms with Crippen molar-refractivity contribution in [3.63, 3.8) is 0 Å². The quantitative estimate of drug-likeness (QED) is 0.671. The smallest absolute Gasteiger partial charge is 0.261 e. The van der Waals surface area contributed by atoms with Gasteiger partial charge in [-0.3, -0.25) is 14.5 Å². The first-order chi connectivity index (χ1) is 10.7. The largest absolute Gasteiger partial charge is 0.490 e. The molecule has 0 spiro atoms. The van der Waals surface area contributed by atoms with E-state index in [4.69, 9.17) is 10.5 Å². The minimum absolute atomic E-state index is 0.249. The molecule has 0 saturated carbocycles. The summed E-state index contributed by atoms with van der Waals surface area (Å²) in [7, 11) is 0. The number of benzene rings is 1. The van der Waals surface area contributed by atoms with Gasteiger partial charge in [-0.1, -0.05) is 12.1 Å². The number of carbonyl (C=O) groups excluding carboxylic acids is 2. The molecule has 3 rings (SSSR count). The van der Waals surface area contributed by atoms with Gasteiger partial charge in [-0.05, 0) is 30.7 Å². The van der Waals surface area contributed by atoms with Crippen LogP contribution in [-0.2, 0) is 0 Å². The van der Waals surface area contributed by atoms with E-state index in [9.17, 15) is 9.59 Å². The summed E-state index contributed by atoms with van der Waals surface area (Å²) in [5.74, 6) is 0.330. The molecule has 1 aromatic carbocycles. The van der Waals surface area contributed by atoms with E-state index in [2.05, 4.69) is 4.98 Å². The summed E-state index contributed by atoms with van der Waals surface area (Å²) in [4.78, 5) is 29.5. The Morgan fingerprint density at radius 2 is 1.73 bits per heavy atom. The highest BCUT2D eigenvalue weighted by Crippen LogP contribution is 2.22. The second-order valence-corrected chi connectivity index (χ2v) is 4.90. The fraction of sp³-hybridized carbons (Fsp3) is 0.188. The minimum atomic E-state index is -0.249. The number of ether oxygens (including phenoxy) is 1. The lowest BCUT2D eigenvalue weighted by Gasteiger charge is -2.14. The van der Waals surface area contributed by atoms with Gasteiger partial charge in [0, 0.05) is 12.7 Å². The highest BCUT2D eigenvalue weighted by molar-refractivity contribution is 6.21. The van der Waals surface area contributed by atoms with Gasteiger partial charge >= 0.3 is 0 Å². The van der Waals surface area contributed by atoms with Crippen LogP contribution in [0.3, 0.4) is 0 Å². The molecule has 0 radical (unpaired) electrons. The van der Waals surface area contributed by atoms with Crippen LogP contribution in [0.5, 0.6) is 5.75 Å². The Morgan fingerprint density at radius 1 is 1.05 bits per heavy atom. The summed E-state index contributed by atoms with van der Waals surface area (Å²) in [5.41, 5.74) is 6.60. The normalized spacial score (nSPS) is 13.4. The predicted octanol–water partition coefficient (Wildman–Crippen LogP) is 1.73. The number of nitrogens with two attached hydrogens (primary N) is 1. The van der Waals surface area contributed by atoms with Crippen molar-refractivity contribution in [1.82, 2.24) is 9.88 Å². The summed E-state index contributed by atoms with van der Waals surface area (Å²) < 4.78 is 5.51. The first-order valence-corrected chi connectivity index (χ1v) is 6.97. The molecular formula is C16H15N3O3. The Labute approximate surface area is 127 Å². The van der Waals surface area contributed by atoms with Gasteiger partial charge in [-0.15, -0.1) is 0 Å². The van der Waals surface area contributed by atoms with Gasteiger partial charge in [0.05, 0.1) is 17.7 Å². The van der Waals surface area contributed by atoms with Gasteiger partial charge in [-0.2, -0.15) is 0 Å². The van der Waals surface area contributed by atoms with E-state index in [1.807, 2.05) is 0 Å². The van der Waals surface area contributed by atoms with Crippen LogP contribution >= 0.6 is 0 Å². The van der Waals surface area contributed by atoms with Gasteiger partial charge in [0.15, 0.2) is 11.6 Å². The third-order valence-corrected chi connectivity index (χ3v) is 3.46. The van der Waals surface area contributed by atoms with Crippen LogP contribution in [0.1, 0.15) is 27.1 Å². The Morgan fingerprint density at radius 3 is 2.36 bits per heavy atom. The molecule has 0 fully saturated rings. The first-order valence-electron chi connectivity index (χ1n) is 6.97. The number of pyridine rings is 1. The van der Waals surface area contributed by atoms with E-state index < -0.39 is 0 Å². The SMILES string of the molecule is Nc1ncccc1OCCCN1C(=O)c2ccccc2C1=O. The average Bonchev–Trinajstić information content (AvgIpc) is 2.78. The lowest BCUT2D eigenvalue weighted by atomic mass is 10.1. The second-order valence-electron chi connectivity index (χ2n) is 4.90. The van der Waals surface area contributed by atoms with Crippen molar-refractivity contribution in [1.29, 1.82) is 0 Å². The molecule has 0 bridgehead atoms.